The molecule has 6 nitrogen and oxygen atoms in total. The molecule has 3 aromatic rings. The number of rotatable bonds is 4. The van der Waals surface area contributed by atoms with Crippen molar-refractivity contribution < 1.29 is 14.3 Å². The molecule has 0 spiro atoms. The van der Waals surface area contributed by atoms with E-state index in [4.69, 9.17) is 10.5 Å². The molecule has 0 fully saturated rings. The first-order valence-corrected chi connectivity index (χ1v) is 7.82. The highest BCUT2D eigenvalue weighted by Crippen LogP contribution is 2.26. The fraction of sp³-hybridized carbons (Fsp3) is 0.105. The Morgan fingerprint density at radius 1 is 1.16 bits per heavy atom. The molecule has 1 amide bonds. The third-order valence-electron chi connectivity index (χ3n) is 3.70. The van der Waals surface area contributed by atoms with E-state index >= 15 is 0 Å². The molecule has 3 rings (SSSR count). The van der Waals surface area contributed by atoms with Crippen LogP contribution in [0.15, 0.2) is 54.7 Å². The predicted molar refractivity (Wildman–Crippen MR) is 96.5 cm³/mol. The normalized spacial score (nSPS) is 10.4. The Labute approximate surface area is 144 Å². The van der Waals surface area contributed by atoms with Crippen LogP contribution in [0.4, 0.5) is 11.4 Å². The second-order valence-corrected chi connectivity index (χ2v) is 5.36. The standard InChI is InChI=1S/C19H17N3O3/c1-2-25-19(24)15-11-21-16-9-8-13(10-14(16)17(15)20)22-18(23)12-6-4-3-5-7-12/h3-11H,2H2,1H3,(H2,20,21)(H,22,23). The van der Waals surface area contributed by atoms with Gasteiger partial charge in [-0.3, -0.25) is 9.78 Å². The molecule has 0 unspecified atom stereocenters. The van der Waals surface area contributed by atoms with E-state index in [9.17, 15) is 9.59 Å². The number of anilines is 2. The van der Waals surface area contributed by atoms with E-state index in [1.165, 1.54) is 6.20 Å². The average molecular weight is 335 g/mol. The molecule has 0 saturated heterocycles. The van der Waals surface area contributed by atoms with Crippen molar-refractivity contribution in [1.82, 2.24) is 4.98 Å². The summed E-state index contributed by atoms with van der Waals surface area (Å²) in [5, 5.41) is 3.39. The van der Waals surface area contributed by atoms with Gasteiger partial charge < -0.3 is 15.8 Å². The van der Waals surface area contributed by atoms with Crippen molar-refractivity contribution in [2.75, 3.05) is 17.7 Å². The van der Waals surface area contributed by atoms with Crippen LogP contribution in [0, 0.1) is 0 Å². The number of fused-ring (bicyclic) bond motifs is 1. The van der Waals surface area contributed by atoms with Gasteiger partial charge in [0.1, 0.15) is 5.56 Å². The number of nitrogen functional groups attached to an aromatic ring is 1. The molecule has 6 heteroatoms. The Hall–Kier alpha value is -3.41. The molecule has 0 aliphatic carbocycles. The summed E-state index contributed by atoms with van der Waals surface area (Å²) in [6.45, 7) is 1.98. The number of pyridine rings is 1. The third kappa shape index (κ3) is 3.42. The van der Waals surface area contributed by atoms with Crippen LogP contribution in [-0.4, -0.2) is 23.5 Å². The quantitative estimate of drug-likeness (QED) is 0.714. The summed E-state index contributed by atoms with van der Waals surface area (Å²) >= 11 is 0. The van der Waals surface area contributed by atoms with Gasteiger partial charge in [-0.2, -0.15) is 0 Å². The fourth-order valence-corrected chi connectivity index (χ4v) is 2.46. The minimum absolute atomic E-state index is 0.209. The maximum atomic E-state index is 12.3. The minimum Gasteiger partial charge on any atom is -0.462 e. The lowest BCUT2D eigenvalue weighted by atomic mass is 10.1. The van der Waals surface area contributed by atoms with Gasteiger partial charge in [0, 0.05) is 22.8 Å². The summed E-state index contributed by atoms with van der Waals surface area (Å²) < 4.78 is 4.98. The summed E-state index contributed by atoms with van der Waals surface area (Å²) in [6, 6.07) is 14.1. The molecule has 0 atom stereocenters. The summed E-state index contributed by atoms with van der Waals surface area (Å²) in [4.78, 5) is 28.4. The Balaban J connectivity index is 1.94. The maximum Gasteiger partial charge on any atom is 0.341 e. The van der Waals surface area contributed by atoms with Crippen molar-refractivity contribution in [1.29, 1.82) is 0 Å². The minimum atomic E-state index is -0.520. The number of nitrogens with two attached hydrogens (primary N) is 1. The number of hydrogen-bond donors (Lipinski definition) is 2. The summed E-state index contributed by atoms with van der Waals surface area (Å²) in [7, 11) is 0. The number of benzene rings is 2. The van der Waals surface area contributed by atoms with Crippen molar-refractivity contribution in [2.24, 2.45) is 0 Å². The van der Waals surface area contributed by atoms with E-state index in [-0.39, 0.29) is 23.8 Å². The van der Waals surface area contributed by atoms with Crippen LogP contribution in [0.1, 0.15) is 27.6 Å². The first-order valence-electron chi connectivity index (χ1n) is 7.82. The molecule has 2 aromatic carbocycles. The van der Waals surface area contributed by atoms with Gasteiger partial charge in [0.2, 0.25) is 0 Å². The number of nitrogens with one attached hydrogen (secondary N) is 1. The van der Waals surface area contributed by atoms with E-state index in [2.05, 4.69) is 10.3 Å². The third-order valence-corrected chi connectivity index (χ3v) is 3.70. The zero-order valence-corrected chi connectivity index (χ0v) is 13.7. The Morgan fingerprint density at radius 2 is 1.92 bits per heavy atom. The first kappa shape index (κ1) is 16.4. The van der Waals surface area contributed by atoms with E-state index in [1.807, 2.05) is 6.07 Å². The van der Waals surface area contributed by atoms with Crippen LogP contribution in [0.5, 0.6) is 0 Å². The molecule has 0 saturated carbocycles. The van der Waals surface area contributed by atoms with Gasteiger partial charge in [-0.1, -0.05) is 18.2 Å². The Kier molecular flexibility index (Phi) is 4.61. The molecule has 126 valence electrons. The molecule has 0 bridgehead atoms. The Morgan fingerprint density at radius 3 is 2.64 bits per heavy atom. The average Bonchev–Trinajstić information content (AvgIpc) is 2.63. The van der Waals surface area contributed by atoms with E-state index in [0.717, 1.165) is 0 Å². The van der Waals surface area contributed by atoms with Gasteiger partial charge in [0.25, 0.3) is 5.91 Å². The van der Waals surface area contributed by atoms with Crippen LogP contribution in [0.3, 0.4) is 0 Å². The van der Waals surface area contributed by atoms with Crippen molar-refractivity contribution >= 4 is 34.2 Å². The molecule has 0 aliphatic heterocycles. The Bertz CT molecular complexity index is 939. The highest BCUT2D eigenvalue weighted by molar-refractivity contribution is 6.07. The van der Waals surface area contributed by atoms with Gasteiger partial charge in [-0.15, -0.1) is 0 Å². The lowest BCUT2D eigenvalue weighted by Gasteiger charge is -2.10. The number of hydrogen-bond acceptors (Lipinski definition) is 5. The fourth-order valence-electron chi connectivity index (χ4n) is 2.46. The monoisotopic (exact) mass is 335 g/mol. The maximum absolute atomic E-state index is 12.3. The number of carbonyl (C=O) groups is 2. The van der Waals surface area contributed by atoms with E-state index < -0.39 is 5.97 Å². The van der Waals surface area contributed by atoms with Gasteiger partial charge in [-0.25, -0.2) is 4.79 Å². The summed E-state index contributed by atoms with van der Waals surface area (Å²) in [6.07, 6.45) is 1.40. The lowest BCUT2D eigenvalue weighted by molar-refractivity contribution is 0.0527. The number of ether oxygens (including phenoxy) is 1. The van der Waals surface area contributed by atoms with E-state index in [0.29, 0.717) is 22.2 Å². The second-order valence-electron chi connectivity index (χ2n) is 5.36. The number of aromatic nitrogens is 1. The largest absolute Gasteiger partial charge is 0.462 e. The van der Waals surface area contributed by atoms with Crippen LogP contribution in [-0.2, 0) is 4.74 Å². The van der Waals surface area contributed by atoms with Gasteiger partial charge in [0.15, 0.2) is 0 Å². The highest BCUT2D eigenvalue weighted by Gasteiger charge is 2.15. The topological polar surface area (TPSA) is 94.3 Å². The zero-order chi connectivity index (χ0) is 17.8. The highest BCUT2D eigenvalue weighted by atomic mass is 16.5. The van der Waals surface area contributed by atoms with Crippen LogP contribution in [0.2, 0.25) is 0 Å². The van der Waals surface area contributed by atoms with Crippen LogP contribution in [0.25, 0.3) is 10.9 Å². The molecule has 1 heterocycles. The van der Waals surface area contributed by atoms with E-state index in [1.54, 1.807) is 49.4 Å². The number of carbonyl (C=O) groups excluding carboxylic acids is 2. The molecule has 0 radical (unpaired) electrons. The van der Waals surface area contributed by atoms with Crippen LogP contribution >= 0.6 is 0 Å². The first-order chi connectivity index (χ1) is 12.1. The number of esters is 1. The molecular formula is C19H17N3O3. The summed E-state index contributed by atoms with van der Waals surface area (Å²) in [5.41, 5.74) is 8.34. The zero-order valence-electron chi connectivity index (χ0n) is 13.7. The summed E-state index contributed by atoms with van der Waals surface area (Å²) in [5.74, 6) is -0.749. The number of amides is 1. The van der Waals surface area contributed by atoms with Crippen molar-refractivity contribution in [3.05, 3.63) is 65.9 Å². The molecular weight excluding hydrogens is 318 g/mol. The smallest absolute Gasteiger partial charge is 0.341 e. The molecule has 0 aliphatic rings. The predicted octanol–water partition coefficient (Wildman–Crippen LogP) is 3.25. The molecule has 3 N–H and O–H groups in total. The van der Waals surface area contributed by atoms with Crippen molar-refractivity contribution in [3.63, 3.8) is 0 Å². The van der Waals surface area contributed by atoms with Gasteiger partial charge in [0.05, 0.1) is 17.8 Å². The van der Waals surface area contributed by atoms with Crippen molar-refractivity contribution in [3.8, 4) is 0 Å². The second kappa shape index (κ2) is 7.00. The number of nitrogens with zero attached hydrogens (tertiary/aromatic N) is 1. The molecule has 25 heavy (non-hydrogen) atoms. The van der Waals surface area contributed by atoms with Crippen LogP contribution < -0.4 is 11.1 Å². The van der Waals surface area contributed by atoms with Crippen molar-refractivity contribution in [2.45, 2.75) is 6.92 Å². The molecule has 1 aromatic heterocycles. The van der Waals surface area contributed by atoms with Gasteiger partial charge in [-0.05, 0) is 37.3 Å². The SMILES string of the molecule is CCOC(=O)c1cnc2ccc(NC(=O)c3ccccc3)cc2c1N. The lowest BCUT2D eigenvalue weighted by Crippen LogP contribution is -2.12. The van der Waals surface area contributed by atoms with Gasteiger partial charge >= 0.3 is 5.97 Å².